The Bertz CT molecular complexity index is 1400. The molecule has 1 spiro atoms. The van der Waals surface area contributed by atoms with Gasteiger partial charge in [-0.2, -0.15) is 11.8 Å². The maximum absolute atomic E-state index is 14.3. The highest BCUT2D eigenvalue weighted by Gasteiger charge is 2.57. The van der Waals surface area contributed by atoms with Gasteiger partial charge in [0.2, 0.25) is 0 Å². The molecule has 0 radical (unpaired) electrons. The summed E-state index contributed by atoms with van der Waals surface area (Å²) >= 11 is 1.89. The summed E-state index contributed by atoms with van der Waals surface area (Å²) in [7, 11) is 1.00. The lowest BCUT2D eigenvalue weighted by Crippen LogP contribution is -2.60. The molecule has 3 N–H and O–H groups in total. The van der Waals surface area contributed by atoms with E-state index in [-0.39, 0.29) is 31.3 Å². The van der Waals surface area contributed by atoms with Crippen molar-refractivity contribution >= 4 is 35.9 Å². The maximum atomic E-state index is 14.3. The minimum absolute atomic E-state index is 0.00491. The number of aliphatic hydroxyl groups excluding tert-OH is 1. The average molecular weight is 741 g/mol. The van der Waals surface area contributed by atoms with Crippen molar-refractivity contribution in [2.75, 3.05) is 44.9 Å². The number of esters is 2. The molecular formula is C39H54N3O9S+. The molecule has 284 valence electrons. The lowest BCUT2D eigenvalue weighted by atomic mass is 9.85. The number of unbranched alkanes of at least 4 members (excludes halogenated alkanes) is 1. The Morgan fingerprint density at radius 1 is 0.846 bits per heavy atom. The van der Waals surface area contributed by atoms with Crippen LogP contribution in [-0.2, 0) is 34.1 Å². The average Bonchev–Trinajstić information content (AvgIpc) is 3.94. The molecule has 2 aromatic rings. The normalized spacial score (nSPS) is 24.9. The topological polar surface area (TPSA) is 149 Å². The second-order valence-electron chi connectivity index (χ2n) is 13.9. The highest BCUT2D eigenvalue weighted by atomic mass is 32.2. The Morgan fingerprint density at radius 2 is 1.38 bits per heavy atom. The minimum atomic E-state index is -1.85. The van der Waals surface area contributed by atoms with Crippen molar-refractivity contribution in [1.29, 1.82) is 0 Å². The SMILES string of the molecule is CCCCC(=O)OCCOC(=O)OC(C(=O)OC1CC2CCC(C1)[N+]21CCCC1)(c1ccccc1)c1ccccc1.CO.O=C1NC2CSCC2N1. The minimum Gasteiger partial charge on any atom is -0.462 e. The van der Waals surface area contributed by atoms with E-state index in [1.807, 2.05) is 30.8 Å². The standard InChI is InChI=1S/C33H42NO7.C5H8N2OS.CH4O/c1-2-3-16-30(35)38-21-22-39-32(37)41-33(25-12-6-4-7-13-25,26-14-8-5-9-15-26)31(36)40-29-23-27-17-18-28(24-29)34(27)19-10-11-20-34;8-5-6-3-1-9-2-4(3)7-5;1-2/h4-9,12-15,27-29H,2-3,10-11,16-24H2,1H3;3-4H,1-2H2,(H2,6,7,8);2H,1H3/q+1;;. The zero-order valence-electron chi connectivity index (χ0n) is 30.3. The number of aliphatic hydroxyl groups is 1. The van der Waals surface area contributed by atoms with Crippen LogP contribution >= 0.6 is 11.8 Å². The summed E-state index contributed by atoms with van der Waals surface area (Å²) < 4.78 is 23.9. The van der Waals surface area contributed by atoms with Crippen LogP contribution < -0.4 is 10.6 Å². The fourth-order valence-corrected chi connectivity index (χ4v) is 9.77. The van der Waals surface area contributed by atoms with Gasteiger partial charge in [-0.15, -0.1) is 0 Å². The van der Waals surface area contributed by atoms with Gasteiger partial charge in [0, 0.05) is 74.7 Å². The Hall–Kier alpha value is -3.81. The Kier molecular flexibility index (Phi) is 14.2. The van der Waals surface area contributed by atoms with Gasteiger partial charge in [-0.25, -0.2) is 14.4 Å². The summed E-state index contributed by atoms with van der Waals surface area (Å²) in [6, 6.07) is 19.7. The van der Waals surface area contributed by atoms with E-state index in [0.29, 0.717) is 41.7 Å². The number of amides is 2. The van der Waals surface area contributed by atoms with Crippen molar-refractivity contribution in [3.8, 4) is 0 Å². The van der Waals surface area contributed by atoms with Gasteiger partial charge >= 0.3 is 24.1 Å². The molecule has 13 heteroatoms. The van der Waals surface area contributed by atoms with Crippen LogP contribution in [-0.4, -0.2) is 109 Å². The lowest BCUT2D eigenvalue weighted by molar-refractivity contribution is -0.956. The van der Waals surface area contributed by atoms with E-state index in [9.17, 15) is 19.2 Å². The molecule has 4 unspecified atom stereocenters. The van der Waals surface area contributed by atoms with Gasteiger partial charge in [-0.05, 0) is 6.42 Å². The van der Waals surface area contributed by atoms with Gasteiger partial charge in [-0.3, -0.25) is 4.79 Å². The van der Waals surface area contributed by atoms with Gasteiger partial charge in [0.25, 0.3) is 5.60 Å². The van der Waals surface area contributed by atoms with Crippen LogP contribution in [0, 0.1) is 0 Å². The zero-order valence-corrected chi connectivity index (χ0v) is 31.2. The first-order valence-electron chi connectivity index (χ1n) is 18.6. The van der Waals surface area contributed by atoms with Crippen molar-refractivity contribution in [2.45, 2.75) is 101 Å². The number of benzene rings is 2. The molecule has 52 heavy (non-hydrogen) atoms. The molecule has 0 saturated carbocycles. The van der Waals surface area contributed by atoms with E-state index in [1.54, 1.807) is 48.5 Å². The quantitative estimate of drug-likeness (QED) is 0.0939. The number of carbonyl (C=O) groups is 4. The van der Waals surface area contributed by atoms with Crippen LogP contribution in [0.4, 0.5) is 9.59 Å². The Balaban J connectivity index is 0.000000405. The number of hydrogen-bond donors (Lipinski definition) is 3. The van der Waals surface area contributed by atoms with E-state index < -0.39 is 17.7 Å². The predicted octanol–water partition coefficient (Wildman–Crippen LogP) is 5.06. The third-order valence-corrected chi connectivity index (χ3v) is 12.1. The molecule has 0 aromatic heterocycles. The molecule has 2 amide bonds. The highest BCUT2D eigenvalue weighted by Crippen LogP contribution is 2.47. The molecule has 5 aliphatic heterocycles. The number of rotatable bonds is 11. The molecular weight excluding hydrogens is 687 g/mol. The number of carbonyl (C=O) groups excluding carboxylic acids is 4. The largest absolute Gasteiger partial charge is 0.510 e. The van der Waals surface area contributed by atoms with E-state index in [1.165, 1.54) is 43.3 Å². The summed E-state index contributed by atoms with van der Waals surface area (Å²) in [5.41, 5.74) is -0.907. The number of nitrogens with one attached hydrogen (secondary N) is 2. The molecule has 12 nitrogen and oxygen atoms in total. The van der Waals surface area contributed by atoms with Crippen LogP contribution in [0.1, 0.15) is 75.8 Å². The van der Waals surface area contributed by atoms with Crippen molar-refractivity contribution in [3.05, 3.63) is 71.8 Å². The summed E-state index contributed by atoms with van der Waals surface area (Å²) in [6.07, 6.45) is 7.22. The third kappa shape index (κ3) is 9.03. The lowest BCUT2D eigenvalue weighted by Gasteiger charge is -2.47. The fraction of sp³-hybridized carbons (Fsp3) is 0.590. The summed E-state index contributed by atoms with van der Waals surface area (Å²) in [5, 5.41) is 12.7. The number of thioether (sulfide) groups is 1. The number of ether oxygens (including phenoxy) is 4. The number of piperidine rings is 1. The van der Waals surface area contributed by atoms with Crippen LogP contribution in [0.2, 0.25) is 0 Å². The molecule has 4 atom stereocenters. The van der Waals surface area contributed by atoms with E-state index in [4.69, 9.17) is 24.1 Å². The molecule has 5 heterocycles. The first-order chi connectivity index (χ1) is 25.3. The van der Waals surface area contributed by atoms with Gasteiger partial charge in [0.1, 0.15) is 19.3 Å². The number of hydrogen-bond acceptors (Lipinski definition) is 10. The van der Waals surface area contributed by atoms with E-state index in [2.05, 4.69) is 10.6 Å². The van der Waals surface area contributed by atoms with E-state index in [0.717, 1.165) is 44.3 Å². The Labute approximate surface area is 310 Å². The van der Waals surface area contributed by atoms with Crippen LogP contribution in [0.25, 0.3) is 0 Å². The van der Waals surface area contributed by atoms with Crippen molar-refractivity contribution in [2.24, 2.45) is 0 Å². The first-order valence-corrected chi connectivity index (χ1v) is 19.8. The molecule has 5 fully saturated rings. The highest BCUT2D eigenvalue weighted by molar-refractivity contribution is 7.99. The van der Waals surface area contributed by atoms with Crippen LogP contribution in [0.5, 0.6) is 0 Å². The molecule has 2 aromatic carbocycles. The Morgan fingerprint density at radius 3 is 1.92 bits per heavy atom. The summed E-state index contributed by atoms with van der Waals surface area (Å²) in [4.78, 5) is 49.8. The van der Waals surface area contributed by atoms with Gasteiger partial charge in [0.05, 0.1) is 37.3 Å². The second kappa shape index (κ2) is 18.8. The third-order valence-electron chi connectivity index (χ3n) is 10.9. The first kappa shape index (κ1) is 39.4. The molecule has 5 saturated heterocycles. The smallest absolute Gasteiger partial charge is 0.462 e. The van der Waals surface area contributed by atoms with Crippen molar-refractivity contribution in [3.63, 3.8) is 0 Å². The van der Waals surface area contributed by atoms with Gasteiger partial charge in [0.15, 0.2) is 0 Å². The van der Waals surface area contributed by atoms with Crippen molar-refractivity contribution in [1.82, 2.24) is 10.6 Å². The molecule has 5 aliphatic rings. The molecule has 0 aliphatic carbocycles. The van der Waals surface area contributed by atoms with Crippen molar-refractivity contribution < 1.29 is 47.7 Å². The number of fused-ring (bicyclic) bond motifs is 1. The number of nitrogens with zero attached hydrogens (tertiary/aromatic N) is 1. The zero-order chi connectivity index (χ0) is 37.0. The van der Waals surface area contributed by atoms with Crippen LogP contribution in [0.15, 0.2) is 60.7 Å². The maximum Gasteiger partial charge on any atom is 0.510 e. The van der Waals surface area contributed by atoms with Gasteiger partial charge in [-0.1, -0.05) is 74.0 Å². The molecule has 2 bridgehead atoms. The van der Waals surface area contributed by atoms with Crippen LogP contribution in [0.3, 0.4) is 0 Å². The van der Waals surface area contributed by atoms with E-state index >= 15 is 0 Å². The second-order valence-corrected chi connectivity index (χ2v) is 15.0. The number of urea groups is 1. The summed E-state index contributed by atoms with van der Waals surface area (Å²) in [6.45, 7) is 4.19. The fourth-order valence-electron chi connectivity index (χ4n) is 8.49. The number of quaternary nitrogens is 1. The van der Waals surface area contributed by atoms with Gasteiger partial charge < -0.3 is 39.2 Å². The monoisotopic (exact) mass is 740 g/mol. The predicted molar refractivity (Wildman–Crippen MR) is 196 cm³/mol. The summed E-state index contributed by atoms with van der Waals surface area (Å²) in [5.74, 6) is 1.18. The molecule has 7 rings (SSSR count).